The maximum Gasteiger partial charge on any atom is 0.217 e. The van der Waals surface area contributed by atoms with Crippen LogP contribution < -0.4 is 5.73 Å². The minimum absolute atomic E-state index is 0.194. The molecule has 1 heterocycles. The van der Waals surface area contributed by atoms with E-state index in [1.165, 1.54) is 12.1 Å². The second-order valence-electron chi connectivity index (χ2n) is 5.89. The van der Waals surface area contributed by atoms with Crippen LogP contribution in [0.5, 0.6) is 0 Å². The van der Waals surface area contributed by atoms with Crippen LogP contribution in [0, 0.1) is 11.7 Å². The minimum Gasteiger partial charge on any atom is -0.370 e. The van der Waals surface area contributed by atoms with Crippen LogP contribution >= 0.6 is 0 Å². The van der Waals surface area contributed by atoms with Crippen molar-refractivity contribution >= 4 is 5.91 Å². The highest BCUT2D eigenvalue weighted by molar-refractivity contribution is 5.74. The van der Waals surface area contributed by atoms with E-state index in [1.807, 2.05) is 12.1 Å². The number of likely N-dealkylation sites (tertiary alicyclic amines) is 1. The molecular weight excluding hydrogens is 255 g/mol. The first-order chi connectivity index (χ1) is 9.54. The first kappa shape index (κ1) is 15.0. The Bertz CT molecular complexity index is 446. The van der Waals surface area contributed by atoms with Crippen LogP contribution in [0.4, 0.5) is 4.39 Å². The summed E-state index contributed by atoms with van der Waals surface area (Å²) in [6, 6.07) is 6.73. The Morgan fingerprint density at radius 1 is 1.45 bits per heavy atom. The first-order valence-corrected chi connectivity index (χ1v) is 7.30. The number of hydrogen-bond donors (Lipinski definition) is 1. The average molecular weight is 278 g/mol. The summed E-state index contributed by atoms with van der Waals surface area (Å²) in [7, 11) is 0. The molecule has 0 saturated carbocycles. The number of piperidine rings is 1. The van der Waals surface area contributed by atoms with E-state index in [0.29, 0.717) is 18.3 Å². The Morgan fingerprint density at radius 2 is 2.15 bits per heavy atom. The van der Waals surface area contributed by atoms with E-state index in [2.05, 4.69) is 11.8 Å². The van der Waals surface area contributed by atoms with Crippen molar-refractivity contribution in [2.24, 2.45) is 11.7 Å². The van der Waals surface area contributed by atoms with Crippen LogP contribution in [0.15, 0.2) is 24.3 Å². The van der Waals surface area contributed by atoms with Crippen molar-refractivity contribution in [1.82, 2.24) is 4.90 Å². The van der Waals surface area contributed by atoms with Gasteiger partial charge in [0.1, 0.15) is 5.82 Å². The number of benzene rings is 1. The van der Waals surface area contributed by atoms with E-state index < -0.39 is 0 Å². The second-order valence-corrected chi connectivity index (χ2v) is 5.89. The van der Waals surface area contributed by atoms with Crippen LogP contribution in [0.25, 0.3) is 0 Å². The number of rotatable bonds is 5. The minimum atomic E-state index is -0.205. The highest BCUT2D eigenvalue weighted by atomic mass is 19.1. The second kappa shape index (κ2) is 6.84. The number of nitrogens with zero attached hydrogens (tertiary/aromatic N) is 1. The van der Waals surface area contributed by atoms with E-state index in [0.717, 1.165) is 38.0 Å². The molecule has 1 amide bonds. The molecule has 0 spiro atoms. The van der Waals surface area contributed by atoms with Gasteiger partial charge in [-0.3, -0.25) is 4.79 Å². The average Bonchev–Trinajstić information content (AvgIpc) is 2.39. The van der Waals surface area contributed by atoms with Crippen LogP contribution in [0.1, 0.15) is 37.7 Å². The Morgan fingerprint density at radius 3 is 2.80 bits per heavy atom. The molecule has 2 atom stereocenters. The Labute approximate surface area is 120 Å². The number of hydrogen-bond acceptors (Lipinski definition) is 2. The smallest absolute Gasteiger partial charge is 0.217 e. The Hall–Kier alpha value is -1.42. The molecule has 0 aromatic heterocycles. The Balaban J connectivity index is 1.88. The maximum atomic E-state index is 12.9. The van der Waals surface area contributed by atoms with Gasteiger partial charge in [0, 0.05) is 19.5 Å². The van der Waals surface area contributed by atoms with Crippen LogP contribution in [0.2, 0.25) is 0 Å². The number of halogens is 1. The van der Waals surface area contributed by atoms with Crippen molar-refractivity contribution in [3.05, 3.63) is 35.6 Å². The molecule has 0 aliphatic carbocycles. The molecule has 110 valence electrons. The predicted molar refractivity (Wildman–Crippen MR) is 77.8 cm³/mol. The van der Waals surface area contributed by atoms with Crippen molar-refractivity contribution in [1.29, 1.82) is 0 Å². The van der Waals surface area contributed by atoms with Gasteiger partial charge in [-0.05, 0) is 48.9 Å². The number of carbonyl (C=O) groups is 1. The zero-order valence-electron chi connectivity index (χ0n) is 12.0. The summed E-state index contributed by atoms with van der Waals surface area (Å²) in [5, 5.41) is 0. The summed E-state index contributed by atoms with van der Waals surface area (Å²) in [6.45, 7) is 5.11. The monoisotopic (exact) mass is 278 g/mol. The number of nitrogens with two attached hydrogens (primary N) is 1. The fraction of sp³-hybridized carbons (Fsp3) is 0.562. The molecule has 3 nitrogen and oxygen atoms in total. The van der Waals surface area contributed by atoms with Crippen molar-refractivity contribution < 1.29 is 9.18 Å². The normalized spacial score (nSPS) is 21.6. The quantitative estimate of drug-likeness (QED) is 0.899. The number of amides is 1. The molecule has 1 aromatic carbocycles. The fourth-order valence-corrected chi connectivity index (χ4v) is 3.05. The SMILES string of the molecule is C[C@@H](CN1CCC[C@@H](CC(N)=O)C1)c1ccc(F)cc1. The molecule has 1 aliphatic heterocycles. The van der Waals surface area contributed by atoms with E-state index in [4.69, 9.17) is 5.73 Å². The molecule has 0 bridgehead atoms. The summed E-state index contributed by atoms with van der Waals surface area (Å²) in [5.41, 5.74) is 6.44. The van der Waals surface area contributed by atoms with Crippen molar-refractivity contribution in [2.75, 3.05) is 19.6 Å². The Kier molecular flexibility index (Phi) is 5.12. The predicted octanol–water partition coefficient (Wildman–Crippen LogP) is 2.52. The summed E-state index contributed by atoms with van der Waals surface area (Å²) in [6.07, 6.45) is 2.69. The van der Waals surface area contributed by atoms with Gasteiger partial charge in [0.05, 0.1) is 0 Å². The van der Waals surface area contributed by atoms with E-state index in [-0.39, 0.29) is 11.7 Å². The molecule has 2 N–H and O–H groups in total. The van der Waals surface area contributed by atoms with Crippen molar-refractivity contribution in [3.8, 4) is 0 Å². The lowest BCUT2D eigenvalue weighted by molar-refractivity contribution is -0.119. The third kappa shape index (κ3) is 4.30. The molecule has 1 fully saturated rings. The third-order valence-electron chi connectivity index (χ3n) is 4.06. The van der Waals surface area contributed by atoms with Gasteiger partial charge in [-0.25, -0.2) is 4.39 Å². The van der Waals surface area contributed by atoms with Crippen LogP contribution in [-0.4, -0.2) is 30.4 Å². The molecule has 4 heteroatoms. The molecule has 1 aromatic rings. The first-order valence-electron chi connectivity index (χ1n) is 7.30. The van der Waals surface area contributed by atoms with E-state index in [9.17, 15) is 9.18 Å². The van der Waals surface area contributed by atoms with E-state index >= 15 is 0 Å². The van der Waals surface area contributed by atoms with E-state index in [1.54, 1.807) is 0 Å². The fourth-order valence-electron chi connectivity index (χ4n) is 3.05. The van der Waals surface area contributed by atoms with Gasteiger partial charge in [-0.2, -0.15) is 0 Å². The maximum absolute atomic E-state index is 12.9. The third-order valence-corrected chi connectivity index (χ3v) is 4.06. The van der Waals surface area contributed by atoms with Crippen molar-refractivity contribution in [2.45, 2.75) is 32.1 Å². The van der Waals surface area contributed by atoms with Crippen LogP contribution in [0.3, 0.4) is 0 Å². The largest absolute Gasteiger partial charge is 0.370 e. The summed E-state index contributed by atoms with van der Waals surface area (Å²) >= 11 is 0. The highest BCUT2D eigenvalue weighted by Gasteiger charge is 2.22. The number of carbonyl (C=O) groups excluding carboxylic acids is 1. The molecule has 0 unspecified atom stereocenters. The molecule has 2 rings (SSSR count). The van der Waals surface area contributed by atoms with Gasteiger partial charge in [-0.15, -0.1) is 0 Å². The summed E-state index contributed by atoms with van der Waals surface area (Å²) < 4.78 is 12.9. The summed E-state index contributed by atoms with van der Waals surface area (Å²) in [5.74, 6) is 0.355. The van der Waals surface area contributed by atoms with Gasteiger partial charge < -0.3 is 10.6 Å². The number of primary amides is 1. The van der Waals surface area contributed by atoms with Gasteiger partial charge in [0.15, 0.2) is 0 Å². The molecule has 20 heavy (non-hydrogen) atoms. The lowest BCUT2D eigenvalue weighted by Crippen LogP contribution is -2.38. The van der Waals surface area contributed by atoms with Gasteiger partial charge in [0.2, 0.25) is 5.91 Å². The van der Waals surface area contributed by atoms with Gasteiger partial charge in [-0.1, -0.05) is 19.1 Å². The molecular formula is C16H23FN2O. The highest BCUT2D eigenvalue weighted by Crippen LogP contribution is 2.23. The lowest BCUT2D eigenvalue weighted by atomic mass is 9.93. The zero-order chi connectivity index (χ0) is 14.5. The van der Waals surface area contributed by atoms with Crippen molar-refractivity contribution in [3.63, 3.8) is 0 Å². The lowest BCUT2D eigenvalue weighted by Gasteiger charge is -2.34. The topological polar surface area (TPSA) is 46.3 Å². The molecule has 1 aliphatic rings. The van der Waals surface area contributed by atoms with Gasteiger partial charge >= 0.3 is 0 Å². The zero-order valence-corrected chi connectivity index (χ0v) is 12.0. The van der Waals surface area contributed by atoms with Gasteiger partial charge in [0.25, 0.3) is 0 Å². The molecule has 0 radical (unpaired) electrons. The standard InChI is InChI=1S/C16H23FN2O/c1-12(14-4-6-15(17)7-5-14)10-19-8-2-3-13(11-19)9-16(18)20/h4-7,12-13H,2-3,8-11H2,1H3,(H2,18,20)/t12-,13-/m0/s1. The van der Waals surface area contributed by atoms with Crippen LogP contribution in [-0.2, 0) is 4.79 Å². The molecule has 1 saturated heterocycles. The summed E-state index contributed by atoms with van der Waals surface area (Å²) in [4.78, 5) is 13.4.